The van der Waals surface area contributed by atoms with Crippen molar-refractivity contribution < 1.29 is 13.2 Å². The molecule has 0 unspecified atom stereocenters. The summed E-state index contributed by atoms with van der Waals surface area (Å²) in [5, 5.41) is 6.47. The van der Waals surface area contributed by atoms with Gasteiger partial charge in [0.05, 0.1) is 5.92 Å². The first-order chi connectivity index (χ1) is 11.9. The first-order valence-corrected chi connectivity index (χ1v) is 8.91. The Labute approximate surface area is 147 Å². The van der Waals surface area contributed by atoms with E-state index in [1.807, 2.05) is 26.1 Å². The van der Waals surface area contributed by atoms with Crippen molar-refractivity contribution in [3.05, 3.63) is 29.6 Å². The summed E-state index contributed by atoms with van der Waals surface area (Å²) in [7, 11) is 0. The minimum Gasteiger partial charge on any atom is -0.357 e. The van der Waals surface area contributed by atoms with Crippen LogP contribution in [0, 0.1) is 12.8 Å². The SMILES string of the molecule is CCNC(=NCCc1ccncc1C)NC1CCC(C(F)(F)F)CC1. The number of aliphatic imine (C=N–C) groups is 1. The van der Waals surface area contributed by atoms with E-state index in [9.17, 15) is 13.2 Å². The van der Waals surface area contributed by atoms with Gasteiger partial charge in [0, 0.05) is 31.5 Å². The quantitative estimate of drug-likeness (QED) is 0.626. The molecule has 1 aliphatic carbocycles. The fourth-order valence-electron chi connectivity index (χ4n) is 3.15. The zero-order valence-electron chi connectivity index (χ0n) is 14.9. The lowest BCUT2D eigenvalue weighted by Crippen LogP contribution is -2.46. The molecule has 0 aromatic carbocycles. The van der Waals surface area contributed by atoms with Crippen LogP contribution in [0.4, 0.5) is 13.2 Å². The molecule has 1 heterocycles. The monoisotopic (exact) mass is 356 g/mol. The third-order valence-corrected chi connectivity index (χ3v) is 4.66. The van der Waals surface area contributed by atoms with Crippen molar-refractivity contribution in [3.63, 3.8) is 0 Å². The number of hydrogen-bond acceptors (Lipinski definition) is 2. The number of guanidine groups is 1. The van der Waals surface area contributed by atoms with Crippen molar-refractivity contribution in [3.8, 4) is 0 Å². The van der Waals surface area contributed by atoms with Crippen LogP contribution in [-0.2, 0) is 6.42 Å². The van der Waals surface area contributed by atoms with Crippen molar-refractivity contribution in [2.24, 2.45) is 10.9 Å². The summed E-state index contributed by atoms with van der Waals surface area (Å²) < 4.78 is 38.3. The molecular formula is C18H27F3N4. The van der Waals surface area contributed by atoms with Crippen LogP contribution >= 0.6 is 0 Å². The van der Waals surface area contributed by atoms with Crippen molar-refractivity contribution >= 4 is 5.96 Å². The highest BCUT2D eigenvalue weighted by Gasteiger charge is 2.41. The maximum absolute atomic E-state index is 12.8. The lowest BCUT2D eigenvalue weighted by atomic mass is 9.85. The number of nitrogens with zero attached hydrogens (tertiary/aromatic N) is 2. The molecule has 0 aliphatic heterocycles. The highest BCUT2D eigenvalue weighted by molar-refractivity contribution is 5.80. The van der Waals surface area contributed by atoms with Crippen LogP contribution in [-0.4, -0.2) is 36.3 Å². The average Bonchev–Trinajstić information content (AvgIpc) is 2.56. The number of alkyl halides is 3. The standard InChI is InChI=1S/C18H27F3N4/c1-3-23-17(24-11-9-14-8-10-22-12-13(14)2)25-16-6-4-15(5-7-16)18(19,20)21/h8,10,12,15-16H,3-7,9,11H2,1-2H3,(H2,23,24,25). The van der Waals surface area contributed by atoms with Crippen LogP contribution in [0.5, 0.6) is 0 Å². The van der Waals surface area contributed by atoms with Gasteiger partial charge in [-0.25, -0.2) is 0 Å². The van der Waals surface area contributed by atoms with Crippen LogP contribution in [0.1, 0.15) is 43.7 Å². The number of aromatic nitrogens is 1. The average molecular weight is 356 g/mol. The summed E-state index contributed by atoms with van der Waals surface area (Å²) in [6.45, 7) is 5.34. The molecule has 7 heteroatoms. The van der Waals surface area contributed by atoms with Gasteiger partial charge in [-0.2, -0.15) is 13.2 Å². The number of rotatable bonds is 5. The molecule has 140 valence electrons. The van der Waals surface area contributed by atoms with Gasteiger partial charge >= 0.3 is 6.18 Å². The third kappa shape index (κ3) is 6.21. The molecule has 1 fully saturated rings. The number of hydrogen-bond donors (Lipinski definition) is 2. The molecule has 0 atom stereocenters. The van der Waals surface area contributed by atoms with E-state index in [2.05, 4.69) is 20.6 Å². The van der Waals surface area contributed by atoms with E-state index in [1.165, 1.54) is 5.56 Å². The lowest BCUT2D eigenvalue weighted by molar-refractivity contribution is -0.182. The molecule has 0 spiro atoms. The molecule has 1 aliphatic rings. The van der Waals surface area contributed by atoms with Crippen LogP contribution in [0.25, 0.3) is 0 Å². The van der Waals surface area contributed by atoms with Crippen molar-refractivity contribution in [1.29, 1.82) is 0 Å². The molecule has 0 saturated heterocycles. The summed E-state index contributed by atoms with van der Waals surface area (Å²) >= 11 is 0. The Balaban J connectivity index is 1.85. The Hall–Kier alpha value is -1.79. The van der Waals surface area contributed by atoms with Crippen LogP contribution in [0.15, 0.2) is 23.5 Å². The Morgan fingerprint density at radius 3 is 2.60 bits per heavy atom. The Bertz CT molecular complexity index is 564. The summed E-state index contributed by atoms with van der Waals surface area (Å²) in [6.07, 6.45) is 1.79. The van der Waals surface area contributed by atoms with E-state index in [-0.39, 0.29) is 18.9 Å². The predicted octanol–water partition coefficient (Wildman–Crippen LogP) is 3.61. The summed E-state index contributed by atoms with van der Waals surface area (Å²) in [5.41, 5.74) is 2.35. The van der Waals surface area contributed by atoms with Crippen LogP contribution < -0.4 is 10.6 Å². The first-order valence-electron chi connectivity index (χ1n) is 8.91. The summed E-state index contributed by atoms with van der Waals surface area (Å²) in [5.74, 6) is -0.468. The minimum absolute atomic E-state index is 0.0547. The second-order valence-corrected chi connectivity index (χ2v) is 6.55. The van der Waals surface area contributed by atoms with E-state index >= 15 is 0 Å². The zero-order valence-corrected chi connectivity index (χ0v) is 14.9. The summed E-state index contributed by atoms with van der Waals surface area (Å²) in [6, 6.07) is 2.04. The highest BCUT2D eigenvalue weighted by atomic mass is 19.4. The van der Waals surface area contributed by atoms with Crippen LogP contribution in [0.2, 0.25) is 0 Å². The largest absolute Gasteiger partial charge is 0.391 e. The van der Waals surface area contributed by atoms with Crippen LogP contribution in [0.3, 0.4) is 0 Å². The molecule has 2 N–H and O–H groups in total. The van der Waals surface area contributed by atoms with E-state index in [0.717, 1.165) is 18.5 Å². The topological polar surface area (TPSA) is 49.3 Å². The van der Waals surface area contributed by atoms with Gasteiger partial charge in [-0.3, -0.25) is 9.98 Å². The maximum atomic E-state index is 12.8. The molecule has 1 saturated carbocycles. The number of aryl methyl sites for hydroxylation is 1. The van der Waals surface area contributed by atoms with Crippen molar-refractivity contribution in [2.75, 3.05) is 13.1 Å². The molecule has 25 heavy (non-hydrogen) atoms. The first kappa shape index (κ1) is 19.5. The minimum atomic E-state index is -4.06. The second-order valence-electron chi connectivity index (χ2n) is 6.55. The van der Waals surface area contributed by atoms with E-state index in [1.54, 1.807) is 6.20 Å². The van der Waals surface area contributed by atoms with Gasteiger partial charge in [0.1, 0.15) is 0 Å². The number of nitrogens with one attached hydrogen (secondary N) is 2. The van der Waals surface area contributed by atoms with Gasteiger partial charge in [0.25, 0.3) is 0 Å². The van der Waals surface area contributed by atoms with E-state index in [0.29, 0.717) is 25.3 Å². The Kier molecular flexibility index (Phi) is 7.08. The third-order valence-electron chi connectivity index (χ3n) is 4.66. The van der Waals surface area contributed by atoms with Crippen molar-refractivity contribution in [2.45, 2.75) is 58.2 Å². The smallest absolute Gasteiger partial charge is 0.357 e. The molecule has 0 bridgehead atoms. The molecule has 0 radical (unpaired) electrons. The van der Waals surface area contributed by atoms with Gasteiger partial charge in [-0.05, 0) is 63.1 Å². The molecule has 4 nitrogen and oxygen atoms in total. The maximum Gasteiger partial charge on any atom is 0.391 e. The number of pyridine rings is 1. The Morgan fingerprint density at radius 1 is 1.28 bits per heavy atom. The van der Waals surface area contributed by atoms with Gasteiger partial charge < -0.3 is 10.6 Å². The van der Waals surface area contributed by atoms with Gasteiger partial charge in [0.2, 0.25) is 0 Å². The number of halogens is 3. The molecule has 2 rings (SSSR count). The second kappa shape index (κ2) is 9.06. The van der Waals surface area contributed by atoms with Gasteiger partial charge in [0.15, 0.2) is 5.96 Å². The van der Waals surface area contributed by atoms with Crippen molar-refractivity contribution in [1.82, 2.24) is 15.6 Å². The van der Waals surface area contributed by atoms with Gasteiger partial charge in [-0.1, -0.05) is 0 Å². The normalized spacial score (nSPS) is 21.9. The predicted molar refractivity (Wildman–Crippen MR) is 93.6 cm³/mol. The molecule has 0 amide bonds. The van der Waals surface area contributed by atoms with Gasteiger partial charge in [-0.15, -0.1) is 0 Å². The lowest BCUT2D eigenvalue weighted by Gasteiger charge is -2.31. The van der Waals surface area contributed by atoms with E-state index in [4.69, 9.17) is 0 Å². The molecular weight excluding hydrogens is 329 g/mol. The van der Waals surface area contributed by atoms with E-state index < -0.39 is 12.1 Å². The summed E-state index contributed by atoms with van der Waals surface area (Å²) in [4.78, 5) is 8.64. The molecule has 1 aromatic heterocycles. The zero-order chi connectivity index (χ0) is 18.3. The fraction of sp³-hybridized carbons (Fsp3) is 0.667. The Morgan fingerprint density at radius 2 is 2.00 bits per heavy atom. The highest BCUT2D eigenvalue weighted by Crippen LogP contribution is 2.37. The fourth-order valence-corrected chi connectivity index (χ4v) is 3.15. The molecule has 1 aromatic rings.